The van der Waals surface area contributed by atoms with Gasteiger partial charge in [-0.1, -0.05) is 6.07 Å². The molecule has 1 heterocycles. The van der Waals surface area contributed by atoms with Crippen LogP contribution in [0.15, 0.2) is 42.5 Å². The van der Waals surface area contributed by atoms with Gasteiger partial charge in [0.2, 0.25) is 0 Å². The van der Waals surface area contributed by atoms with Gasteiger partial charge >= 0.3 is 5.97 Å². The number of hydrogen-bond acceptors (Lipinski definition) is 5. The van der Waals surface area contributed by atoms with Crippen molar-refractivity contribution < 1.29 is 19.4 Å². The van der Waals surface area contributed by atoms with Gasteiger partial charge in [0, 0.05) is 11.3 Å². The van der Waals surface area contributed by atoms with Crippen LogP contribution < -0.4 is 10.1 Å². The molecule has 2 N–H and O–H groups in total. The predicted octanol–water partition coefficient (Wildman–Crippen LogP) is 2.84. The van der Waals surface area contributed by atoms with E-state index >= 15 is 0 Å². The van der Waals surface area contributed by atoms with Gasteiger partial charge in [0.25, 0.3) is 5.91 Å². The number of methoxy groups -OCH3 is 1. The Morgan fingerprint density at radius 2 is 1.74 bits per heavy atom. The highest BCUT2D eigenvalue weighted by molar-refractivity contribution is 6.05. The van der Waals surface area contributed by atoms with Crippen LogP contribution in [0.4, 0.5) is 5.69 Å². The molecule has 0 saturated carbocycles. The van der Waals surface area contributed by atoms with E-state index in [1.54, 1.807) is 48.7 Å². The normalized spacial score (nSPS) is 10.5. The quantitative estimate of drug-likeness (QED) is 0.719. The number of carboxylic acids is 1. The Morgan fingerprint density at radius 1 is 1.04 bits per heavy atom. The van der Waals surface area contributed by atoms with Crippen LogP contribution >= 0.6 is 0 Å². The van der Waals surface area contributed by atoms with Gasteiger partial charge in [-0.05, 0) is 50.2 Å². The van der Waals surface area contributed by atoms with Crippen molar-refractivity contribution in [3.8, 4) is 11.4 Å². The highest BCUT2D eigenvalue weighted by Gasteiger charge is 2.14. The fourth-order valence-electron chi connectivity index (χ4n) is 2.75. The fraction of sp³-hybridized carbons (Fsp3) is 0.158. The van der Waals surface area contributed by atoms with E-state index in [1.807, 2.05) is 0 Å². The van der Waals surface area contributed by atoms with Crippen molar-refractivity contribution in [1.82, 2.24) is 14.8 Å². The maximum Gasteiger partial charge on any atom is 0.335 e. The molecule has 0 spiro atoms. The average molecular weight is 366 g/mol. The zero-order valence-electron chi connectivity index (χ0n) is 15.1. The predicted molar refractivity (Wildman–Crippen MR) is 98.7 cm³/mol. The first-order valence-corrected chi connectivity index (χ1v) is 8.12. The van der Waals surface area contributed by atoms with Gasteiger partial charge in [0.1, 0.15) is 17.4 Å². The second kappa shape index (κ2) is 7.28. The third kappa shape index (κ3) is 3.79. The molecule has 0 radical (unpaired) electrons. The summed E-state index contributed by atoms with van der Waals surface area (Å²) >= 11 is 0. The first kappa shape index (κ1) is 18.1. The van der Waals surface area contributed by atoms with Crippen LogP contribution in [0.25, 0.3) is 5.69 Å². The number of carbonyl (C=O) groups excluding carboxylic acids is 1. The first-order valence-electron chi connectivity index (χ1n) is 8.12. The molecule has 138 valence electrons. The molecule has 8 heteroatoms. The molecule has 2 aromatic carbocycles. The fourth-order valence-corrected chi connectivity index (χ4v) is 2.75. The molecule has 3 rings (SSSR count). The number of carbonyl (C=O) groups is 2. The van der Waals surface area contributed by atoms with Crippen LogP contribution in [-0.4, -0.2) is 38.9 Å². The lowest BCUT2D eigenvalue weighted by Gasteiger charge is -2.12. The van der Waals surface area contributed by atoms with E-state index in [-0.39, 0.29) is 11.5 Å². The van der Waals surface area contributed by atoms with Crippen molar-refractivity contribution in [1.29, 1.82) is 0 Å². The standard InChI is InChI=1S/C19H18N4O4/c1-11-21-22-12(2)23(11)16-8-14(19(25)26)7-15(10-16)20-18(24)13-5-4-6-17(9-13)27-3/h4-10H,1-3H3,(H,20,24)(H,25,26). The summed E-state index contributed by atoms with van der Waals surface area (Å²) in [6.45, 7) is 3.53. The van der Waals surface area contributed by atoms with Crippen LogP contribution in [0.5, 0.6) is 5.75 Å². The Labute approximate surface area is 155 Å². The van der Waals surface area contributed by atoms with Gasteiger partial charge < -0.3 is 15.2 Å². The Balaban J connectivity index is 2.00. The number of anilines is 1. The largest absolute Gasteiger partial charge is 0.497 e. The Morgan fingerprint density at radius 3 is 2.37 bits per heavy atom. The summed E-state index contributed by atoms with van der Waals surface area (Å²) in [5, 5.41) is 20.1. The first-order chi connectivity index (χ1) is 12.9. The van der Waals surface area contributed by atoms with Crippen molar-refractivity contribution in [3.63, 3.8) is 0 Å². The SMILES string of the molecule is COc1cccc(C(=O)Nc2cc(C(=O)O)cc(-n3c(C)nnc3C)c2)c1. The monoisotopic (exact) mass is 366 g/mol. The number of aromatic nitrogens is 3. The molecule has 0 aliphatic carbocycles. The van der Waals surface area contributed by atoms with Gasteiger partial charge in [0.15, 0.2) is 0 Å². The van der Waals surface area contributed by atoms with Crippen molar-refractivity contribution in [2.45, 2.75) is 13.8 Å². The van der Waals surface area contributed by atoms with Gasteiger partial charge in [-0.25, -0.2) is 4.79 Å². The molecule has 27 heavy (non-hydrogen) atoms. The smallest absolute Gasteiger partial charge is 0.335 e. The summed E-state index contributed by atoms with van der Waals surface area (Å²) in [5.41, 5.74) is 1.34. The Bertz CT molecular complexity index is 1010. The van der Waals surface area contributed by atoms with Gasteiger partial charge in [-0.3, -0.25) is 9.36 Å². The lowest BCUT2D eigenvalue weighted by Crippen LogP contribution is -2.13. The molecule has 8 nitrogen and oxygen atoms in total. The van der Waals surface area contributed by atoms with Crippen LogP contribution in [0.1, 0.15) is 32.4 Å². The number of benzene rings is 2. The maximum atomic E-state index is 12.5. The summed E-state index contributed by atoms with van der Waals surface area (Å²) in [6.07, 6.45) is 0. The summed E-state index contributed by atoms with van der Waals surface area (Å²) in [4.78, 5) is 24.1. The molecule has 0 bridgehead atoms. The zero-order valence-corrected chi connectivity index (χ0v) is 15.1. The minimum atomic E-state index is -1.10. The van der Waals surface area contributed by atoms with Crippen LogP contribution in [0.3, 0.4) is 0 Å². The van der Waals surface area contributed by atoms with Crippen molar-refractivity contribution >= 4 is 17.6 Å². The molecule has 0 atom stereocenters. The summed E-state index contributed by atoms with van der Waals surface area (Å²) < 4.78 is 6.84. The lowest BCUT2D eigenvalue weighted by molar-refractivity contribution is 0.0696. The van der Waals surface area contributed by atoms with E-state index in [0.717, 1.165) is 0 Å². The molecular weight excluding hydrogens is 348 g/mol. The van der Waals surface area contributed by atoms with E-state index in [0.29, 0.717) is 34.3 Å². The number of aromatic carboxylic acids is 1. The molecule has 3 aromatic rings. The number of nitrogens with one attached hydrogen (secondary N) is 1. The number of carboxylic acid groups (broad SMARTS) is 1. The number of nitrogens with zero attached hydrogens (tertiary/aromatic N) is 3. The third-order valence-electron chi connectivity index (χ3n) is 4.00. The number of rotatable bonds is 5. The van der Waals surface area contributed by atoms with Crippen molar-refractivity contribution in [2.75, 3.05) is 12.4 Å². The zero-order chi connectivity index (χ0) is 19.6. The molecule has 1 aromatic heterocycles. The van der Waals surface area contributed by atoms with Crippen LogP contribution in [-0.2, 0) is 0 Å². The van der Waals surface area contributed by atoms with Crippen LogP contribution in [0, 0.1) is 13.8 Å². The Hall–Kier alpha value is -3.68. The van der Waals surface area contributed by atoms with Gasteiger partial charge in [0.05, 0.1) is 18.4 Å². The number of amides is 1. The third-order valence-corrected chi connectivity index (χ3v) is 4.00. The van der Waals surface area contributed by atoms with E-state index in [9.17, 15) is 14.7 Å². The molecule has 0 aliphatic heterocycles. The minimum Gasteiger partial charge on any atom is -0.497 e. The summed E-state index contributed by atoms with van der Waals surface area (Å²) in [5.74, 6) is 0.301. The molecule has 1 amide bonds. The molecule has 0 fully saturated rings. The van der Waals surface area contributed by atoms with Gasteiger partial charge in [-0.15, -0.1) is 10.2 Å². The van der Waals surface area contributed by atoms with Crippen molar-refractivity contribution in [2.24, 2.45) is 0 Å². The van der Waals surface area contributed by atoms with E-state index in [2.05, 4.69) is 15.5 Å². The molecular formula is C19H18N4O4. The second-order valence-corrected chi connectivity index (χ2v) is 5.89. The Kier molecular flexibility index (Phi) is 4.89. The van der Waals surface area contributed by atoms with E-state index in [4.69, 9.17) is 4.74 Å². The van der Waals surface area contributed by atoms with Crippen LogP contribution in [0.2, 0.25) is 0 Å². The number of ether oxygens (including phenoxy) is 1. The highest BCUT2D eigenvalue weighted by atomic mass is 16.5. The van der Waals surface area contributed by atoms with Crippen molar-refractivity contribution in [3.05, 3.63) is 65.2 Å². The average Bonchev–Trinajstić information content (AvgIpc) is 2.99. The summed E-state index contributed by atoms with van der Waals surface area (Å²) in [6, 6.07) is 11.3. The second-order valence-electron chi connectivity index (χ2n) is 5.89. The maximum absolute atomic E-state index is 12.5. The number of aryl methyl sites for hydroxylation is 2. The minimum absolute atomic E-state index is 0.0425. The number of hydrogen-bond donors (Lipinski definition) is 2. The van der Waals surface area contributed by atoms with E-state index in [1.165, 1.54) is 19.2 Å². The molecule has 0 saturated heterocycles. The topological polar surface area (TPSA) is 106 Å². The summed E-state index contributed by atoms with van der Waals surface area (Å²) in [7, 11) is 1.52. The molecule has 0 unspecified atom stereocenters. The van der Waals surface area contributed by atoms with Gasteiger partial charge in [-0.2, -0.15) is 0 Å². The highest BCUT2D eigenvalue weighted by Crippen LogP contribution is 2.22. The van der Waals surface area contributed by atoms with E-state index < -0.39 is 5.97 Å². The molecule has 0 aliphatic rings. The lowest BCUT2D eigenvalue weighted by atomic mass is 10.1.